The summed E-state index contributed by atoms with van der Waals surface area (Å²) in [5.41, 5.74) is 2.29. The first-order valence-electron chi connectivity index (χ1n) is 18.2. The monoisotopic (exact) mass is 599 g/mol. The standard InChI is InChI=1S/C38H65NO4/c1-9-22-39(23-10-2)35(25-42-28(6)40)36(41)43-30-18-20-37(7)29(24-30)14-15-31-33-17-16-32(27(5)13-11-12-26(3)4)38(33,8)21-19-34(31)37/h14,26-27,30-35H,9-13,15-25H2,1-8H3/t27-,30+,31?,32-,33?,34?,35?,37+,38-/m1/s1. The van der Waals surface area contributed by atoms with Gasteiger partial charge in [-0.05, 0) is 117 Å². The number of carbonyl (C=O) groups is 2. The van der Waals surface area contributed by atoms with Gasteiger partial charge in [0.25, 0.3) is 0 Å². The van der Waals surface area contributed by atoms with Crippen LogP contribution in [0.3, 0.4) is 0 Å². The number of carbonyl (C=O) groups excluding carboxylic acids is 2. The minimum atomic E-state index is -0.527. The third kappa shape index (κ3) is 7.55. The first-order chi connectivity index (χ1) is 20.4. The summed E-state index contributed by atoms with van der Waals surface area (Å²) in [6.07, 6.45) is 18.3. The summed E-state index contributed by atoms with van der Waals surface area (Å²) < 4.78 is 11.6. The van der Waals surface area contributed by atoms with Crippen molar-refractivity contribution in [1.82, 2.24) is 4.90 Å². The molecule has 9 atom stereocenters. The Labute approximate surface area is 264 Å². The highest BCUT2D eigenvalue weighted by molar-refractivity contribution is 5.77. The maximum Gasteiger partial charge on any atom is 0.327 e. The van der Waals surface area contributed by atoms with E-state index >= 15 is 0 Å². The molecule has 246 valence electrons. The molecule has 0 radical (unpaired) electrons. The predicted octanol–water partition coefficient (Wildman–Crippen LogP) is 8.99. The molecule has 5 heteroatoms. The van der Waals surface area contributed by atoms with E-state index < -0.39 is 6.04 Å². The Balaban J connectivity index is 1.42. The van der Waals surface area contributed by atoms with Gasteiger partial charge >= 0.3 is 11.9 Å². The molecule has 4 unspecified atom stereocenters. The molecule has 3 fully saturated rings. The number of esters is 2. The van der Waals surface area contributed by atoms with Crippen LogP contribution in [0.4, 0.5) is 0 Å². The Morgan fingerprint density at radius 1 is 0.977 bits per heavy atom. The second-order valence-corrected chi connectivity index (χ2v) is 15.9. The van der Waals surface area contributed by atoms with E-state index in [1.807, 2.05) is 0 Å². The number of nitrogens with zero attached hydrogens (tertiary/aromatic N) is 1. The molecule has 0 aliphatic heterocycles. The van der Waals surface area contributed by atoms with Crippen LogP contribution >= 0.6 is 0 Å². The number of rotatable bonds is 14. The van der Waals surface area contributed by atoms with Crippen molar-refractivity contribution in [1.29, 1.82) is 0 Å². The third-order valence-corrected chi connectivity index (χ3v) is 12.7. The fourth-order valence-electron chi connectivity index (χ4n) is 10.5. The van der Waals surface area contributed by atoms with Gasteiger partial charge in [-0.15, -0.1) is 0 Å². The molecule has 0 spiro atoms. The fourth-order valence-corrected chi connectivity index (χ4v) is 10.5. The van der Waals surface area contributed by atoms with E-state index in [0.29, 0.717) is 5.41 Å². The Kier molecular flexibility index (Phi) is 11.9. The molecule has 3 saturated carbocycles. The minimum Gasteiger partial charge on any atom is -0.464 e. The highest BCUT2D eigenvalue weighted by atomic mass is 16.6. The van der Waals surface area contributed by atoms with Gasteiger partial charge in [0.15, 0.2) is 0 Å². The van der Waals surface area contributed by atoms with Crippen LogP contribution in [0, 0.1) is 46.3 Å². The largest absolute Gasteiger partial charge is 0.464 e. The molecular weight excluding hydrogens is 534 g/mol. The lowest BCUT2D eigenvalue weighted by atomic mass is 9.47. The van der Waals surface area contributed by atoms with Crippen molar-refractivity contribution >= 4 is 11.9 Å². The predicted molar refractivity (Wildman–Crippen MR) is 176 cm³/mol. The number of allylic oxidation sites excluding steroid dienone is 1. The molecule has 0 N–H and O–H groups in total. The highest BCUT2D eigenvalue weighted by Gasteiger charge is 2.59. The molecule has 43 heavy (non-hydrogen) atoms. The Morgan fingerprint density at radius 2 is 1.70 bits per heavy atom. The van der Waals surface area contributed by atoms with Gasteiger partial charge in [-0.25, -0.2) is 0 Å². The number of hydrogen-bond acceptors (Lipinski definition) is 5. The summed E-state index contributed by atoms with van der Waals surface area (Å²) in [7, 11) is 0. The zero-order chi connectivity index (χ0) is 31.4. The van der Waals surface area contributed by atoms with Crippen LogP contribution in [0.2, 0.25) is 0 Å². The molecule has 4 aliphatic rings. The number of hydrogen-bond donors (Lipinski definition) is 0. The maximum atomic E-state index is 13.6. The summed E-state index contributed by atoms with van der Waals surface area (Å²) in [5.74, 6) is 4.41. The van der Waals surface area contributed by atoms with E-state index in [9.17, 15) is 9.59 Å². The molecule has 5 nitrogen and oxygen atoms in total. The van der Waals surface area contributed by atoms with E-state index in [1.54, 1.807) is 5.57 Å². The molecule has 0 amide bonds. The van der Waals surface area contributed by atoms with E-state index in [-0.39, 0.29) is 30.1 Å². The Hall–Kier alpha value is -1.36. The van der Waals surface area contributed by atoms with Gasteiger partial charge in [-0.3, -0.25) is 14.5 Å². The Morgan fingerprint density at radius 3 is 2.35 bits per heavy atom. The third-order valence-electron chi connectivity index (χ3n) is 12.7. The van der Waals surface area contributed by atoms with Crippen molar-refractivity contribution in [3.05, 3.63) is 11.6 Å². The molecule has 0 heterocycles. The molecule has 0 aromatic heterocycles. The van der Waals surface area contributed by atoms with Crippen molar-refractivity contribution in [3.8, 4) is 0 Å². The van der Waals surface area contributed by atoms with Crippen LogP contribution in [-0.2, 0) is 19.1 Å². The normalized spacial score (nSPS) is 35.0. The van der Waals surface area contributed by atoms with E-state index in [1.165, 1.54) is 58.3 Å². The first-order valence-corrected chi connectivity index (χ1v) is 18.2. The van der Waals surface area contributed by atoms with Crippen LogP contribution < -0.4 is 0 Å². The molecule has 0 saturated heterocycles. The van der Waals surface area contributed by atoms with Crippen LogP contribution in [0.15, 0.2) is 11.6 Å². The van der Waals surface area contributed by atoms with Crippen molar-refractivity contribution in [2.75, 3.05) is 19.7 Å². The summed E-state index contributed by atoms with van der Waals surface area (Å²) >= 11 is 0. The average Bonchev–Trinajstić information content (AvgIpc) is 3.30. The second-order valence-electron chi connectivity index (χ2n) is 15.9. The lowest BCUT2D eigenvalue weighted by molar-refractivity contribution is -0.162. The van der Waals surface area contributed by atoms with Gasteiger partial charge in [0.1, 0.15) is 18.8 Å². The van der Waals surface area contributed by atoms with Crippen molar-refractivity contribution in [2.45, 2.75) is 151 Å². The molecule has 4 rings (SSSR count). The van der Waals surface area contributed by atoms with E-state index in [4.69, 9.17) is 9.47 Å². The lowest BCUT2D eigenvalue weighted by Crippen LogP contribution is -2.51. The molecule has 4 aliphatic carbocycles. The summed E-state index contributed by atoms with van der Waals surface area (Å²) in [6.45, 7) is 19.8. The number of fused-ring (bicyclic) bond motifs is 5. The maximum absolute atomic E-state index is 13.6. The minimum absolute atomic E-state index is 0.0720. The topological polar surface area (TPSA) is 55.8 Å². The first kappa shape index (κ1) is 34.5. The van der Waals surface area contributed by atoms with Crippen LogP contribution in [0.25, 0.3) is 0 Å². The van der Waals surface area contributed by atoms with E-state index in [2.05, 4.69) is 59.4 Å². The van der Waals surface area contributed by atoms with Crippen molar-refractivity contribution in [3.63, 3.8) is 0 Å². The average molecular weight is 600 g/mol. The van der Waals surface area contributed by atoms with Crippen LogP contribution in [0.5, 0.6) is 0 Å². The van der Waals surface area contributed by atoms with E-state index in [0.717, 1.165) is 80.7 Å². The summed E-state index contributed by atoms with van der Waals surface area (Å²) in [4.78, 5) is 27.3. The van der Waals surface area contributed by atoms with Crippen molar-refractivity contribution < 1.29 is 19.1 Å². The van der Waals surface area contributed by atoms with Crippen LogP contribution in [0.1, 0.15) is 139 Å². The zero-order valence-electron chi connectivity index (χ0n) is 29.1. The van der Waals surface area contributed by atoms with Crippen molar-refractivity contribution in [2.24, 2.45) is 46.3 Å². The highest BCUT2D eigenvalue weighted by Crippen LogP contribution is 2.67. The van der Waals surface area contributed by atoms with Gasteiger partial charge < -0.3 is 9.47 Å². The fraction of sp³-hybridized carbons (Fsp3) is 0.895. The van der Waals surface area contributed by atoms with Gasteiger partial charge in [0, 0.05) is 13.3 Å². The van der Waals surface area contributed by atoms with Gasteiger partial charge in [-0.1, -0.05) is 79.4 Å². The summed E-state index contributed by atoms with van der Waals surface area (Å²) in [6, 6.07) is -0.527. The SMILES string of the molecule is CCCN(CCC)C(COC(C)=O)C(=O)O[C@H]1CC[C@@]2(C)C(=CCC3C2CC[C@@]2(C)C3CC[C@@H]2[C@H](C)CCCC(C)C)C1. The van der Waals surface area contributed by atoms with Gasteiger partial charge in [-0.2, -0.15) is 0 Å². The smallest absolute Gasteiger partial charge is 0.327 e. The molecule has 0 aromatic carbocycles. The Bertz CT molecular complexity index is 969. The summed E-state index contributed by atoms with van der Waals surface area (Å²) in [5, 5.41) is 0. The number of ether oxygens (including phenoxy) is 2. The quantitative estimate of drug-likeness (QED) is 0.147. The van der Waals surface area contributed by atoms with Gasteiger partial charge in [0.05, 0.1) is 0 Å². The second kappa shape index (κ2) is 14.8. The zero-order valence-corrected chi connectivity index (χ0v) is 29.1. The van der Waals surface area contributed by atoms with Gasteiger partial charge in [0.2, 0.25) is 0 Å². The lowest BCUT2D eigenvalue weighted by Gasteiger charge is -2.58. The molecular formula is C38H65NO4. The van der Waals surface area contributed by atoms with Crippen LogP contribution in [-0.4, -0.2) is 48.7 Å². The molecule has 0 bridgehead atoms. The molecule has 0 aromatic rings.